The predicted octanol–water partition coefficient (Wildman–Crippen LogP) is 8.08. The Kier molecular flexibility index (Phi) is 11.8. The summed E-state index contributed by atoms with van der Waals surface area (Å²) in [7, 11) is 0. The Morgan fingerprint density at radius 3 is 1.51 bits per heavy atom. The first kappa shape index (κ1) is 37.0. The first-order valence-corrected chi connectivity index (χ1v) is 15.5. The quantitative estimate of drug-likeness (QED) is 0.169. The van der Waals surface area contributed by atoms with Gasteiger partial charge in [-0.05, 0) is 72.9 Å². The van der Waals surface area contributed by atoms with E-state index in [4.69, 9.17) is 10.8 Å². The van der Waals surface area contributed by atoms with Crippen LogP contribution in [0.2, 0.25) is 0 Å². The fraction of sp³-hybridized carbons (Fsp3) is 0.333. The van der Waals surface area contributed by atoms with Gasteiger partial charge < -0.3 is 16.2 Å². The van der Waals surface area contributed by atoms with Gasteiger partial charge in [-0.2, -0.15) is 26.3 Å². The standard InChI is InChI=1S/C18H17F3N2O.C10H10O2.C8H9F3N2/c1-11(13-7-8-16(22-10-13)18(19,20)21)23-17(24)15-9-14(15)12-5-3-2-4-6-12;11-10(12)9-6-8(9)7-4-2-1-3-5-7;1-5(12)6-2-3-7(13-4-6)8(9,10)11/h2-8,10-11,14-15H,9H2,1H3,(H,23,24);1-5,8-9H,6H2,(H,11,12);2-5H,12H2,1H3/t11-,14+,15-;8-,9+;5-/m010/s1. The molecule has 49 heavy (non-hydrogen) atoms. The van der Waals surface area contributed by atoms with Crippen LogP contribution in [0.3, 0.4) is 0 Å². The fourth-order valence-electron chi connectivity index (χ4n) is 5.17. The zero-order chi connectivity index (χ0) is 35.9. The number of benzene rings is 2. The second kappa shape index (κ2) is 15.6. The van der Waals surface area contributed by atoms with E-state index in [1.54, 1.807) is 13.8 Å². The molecule has 4 N–H and O–H groups in total. The van der Waals surface area contributed by atoms with Crippen molar-refractivity contribution in [2.75, 3.05) is 0 Å². The number of nitrogens with zero attached hydrogens (tertiary/aromatic N) is 2. The van der Waals surface area contributed by atoms with E-state index in [-0.39, 0.29) is 41.7 Å². The third-order valence-corrected chi connectivity index (χ3v) is 8.23. The molecule has 7 nitrogen and oxygen atoms in total. The lowest BCUT2D eigenvalue weighted by Crippen LogP contribution is -2.28. The maximum absolute atomic E-state index is 12.5. The van der Waals surface area contributed by atoms with E-state index in [1.165, 1.54) is 12.1 Å². The van der Waals surface area contributed by atoms with Crippen LogP contribution in [0.5, 0.6) is 0 Å². The summed E-state index contributed by atoms with van der Waals surface area (Å²) in [5, 5.41) is 11.5. The summed E-state index contributed by atoms with van der Waals surface area (Å²) in [6.45, 7) is 3.42. The van der Waals surface area contributed by atoms with E-state index in [2.05, 4.69) is 15.3 Å². The Morgan fingerprint density at radius 1 is 0.714 bits per heavy atom. The normalized spacial score (nSPS) is 20.7. The highest BCUT2D eigenvalue weighted by Crippen LogP contribution is 2.48. The molecule has 2 aromatic heterocycles. The van der Waals surface area contributed by atoms with Crippen LogP contribution in [0.25, 0.3) is 0 Å². The Balaban J connectivity index is 0.000000182. The SMILES string of the molecule is C[C@H](N)c1ccc(C(F)(F)F)nc1.C[C@H](NC(=O)[C@H]1C[C@@H]1c1ccccc1)c1ccc(C(F)(F)F)nc1.O=C(O)[C@H]1C[C@@H]1c1ccccc1. The zero-order valence-corrected chi connectivity index (χ0v) is 26.6. The number of halogens is 6. The van der Waals surface area contributed by atoms with Crippen LogP contribution in [0.4, 0.5) is 26.3 Å². The number of alkyl halides is 6. The Morgan fingerprint density at radius 2 is 1.14 bits per heavy atom. The summed E-state index contributed by atoms with van der Waals surface area (Å²) < 4.78 is 73.6. The Bertz CT molecular complexity index is 1670. The minimum Gasteiger partial charge on any atom is -0.481 e. The third-order valence-electron chi connectivity index (χ3n) is 8.23. The van der Waals surface area contributed by atoms with Crippen LogP contribution in [0.1, 0.15) is 84.3 Å². The van der Waals surface area contributed by atoms with Crippen molar-refractivity contribution in [2.24, 2.45) is 17.6 Å². The molecule has 260 valence electrons. The lowest BCUT2D eigenvalue weighted by Gasteiger charge is -2.15. The van der Waals surface area contributed by atoms with Crippen molar-refractivity contribution in [2.45, 2.75) is 63.0 Å². The molecule has 4 aromatic rings. The third kappa shape index (κ3) is 10.6. The molecular formula is C36H36F6N4O3. The number of nitrogens with one attached hydrogen (secondary N) is 1. The van der Waals surface area contributed by atoms with Crippen LogP contribution in [-0.2, 0) is 21.9 Å². The maximum Gasteiger partial charge on any atom is 0.433 e. The Labute approximate surface area is 279 Å². The molecule has 0 saturated heterocycles. The average Bonchev–Trinajstić information content (AvgIpc) is 4.00. The number of amides is 1. The van der Waals surface area contributed by atoms with Gasteiger partial charge >= 0.3 is 18.3 Å². The van der Waals surface area contributed by atoms with Crippen molar-refractivity contribution in [1.82, 2.24) is 15.3 Å². The molecule has 0 aliphatic heterocycles. The van der Waals surface area contributed by atoms with Crippen LogP contribution >= 0.6 is 0 Å². The van der Waals surface area contributed by atoms with Gasteiger partial charge in [-0.25, -0.2) is 0 Å². The van der Waals surface area contributed by atoms with Gasteiger partial charge in [0.2, 0.25) is 5.91 Å². The molecule has 2 heterocycles. The monoisotopic (exact) mass is 686 g/mol. The van der Waals surface area contributed by atoms with Crippen molar-refractivity contribution in [3.8, 4) is 0 Å². The lowest BCUT2D eigenvalue weighted by molar-refractivity contribution is -0.142. The summed E-state index contributed by atoms with van der Waals surface area (Å²) in [4.78, 5) is 29.5. The number of pyridine rings is 2. The van der Waals surface area contributed by atoms with Gasteiger partial charge in [-0.15, -0.1) is 0 Å². The summed E-state index contributed by atoms with van der Waals surface area (Å²) in [6.07, 6.45) is -4.92. The number of carbonyl (C=O) groups excluding carboxylic acids is 1. The van der Waals surface area contributed by atoms with E-state index in [9.17, 15) is 35.9 Å². The molecule has 2 aliphatic rings. The van der Waals surface area contributed by atoms with E-state index in [0.717, 1.165) is 48.5 Å². The molecule has 2 fully saturated rings. The van der Waals surface area contributed by atoms with E-state index >= 15 is 0 Å². The van der Waals surface area contributed by atoms with Crippen molar-refractivity contribution in [1.29, 1.82) is 0 Å². The van der Waals surface area contributed by atoms with Gasteiger partial charge in [0.1, 0.15) is 11.4 Å². The first-order chi connectivity index (χ1) is 23.1. The highest BCUT2D eigenvalue weighted by Gasteiger charge is 2.45. The second-order valence-electron chi connectivity index (χ2n) is 12.0. The lowest BCUT2D eigenvalue weighted by atomic mass is 10.1. The predicted molar refractivity (Wildman–Crippen MR) is 170 cm³/mol. The zero-order valence-electron chi connectivity index (χ0n) is 26.6. The largest absolute Gasteiger partial charge is 0.481 e. The fourth-order valence-corrected chi connectivity index (χ4v) is 5.17. The van der Waals surface area contributed by atoms with Gasteiger partial charge in [-0.3, -0.25) is 19.6 Å². The van der Waals surface area contributed by atoms with Crippen molar-refractivity contribution >= 4 is 11.9 Å². The summed E-state index contributed by atoms with van der Waals surface area (Å²) in [5.74, 6) is -0.447. The van der Waals surface area contributed by atoms with E-state index < -0.39 is 29.7 Å². The molecule has 0 spiro atoms. The summed E-state index contributed by atoms with van der Waals surface area (Å²) in [5.41, 5.74) is 7.06. The number of nitrogens with two attached hydrogens (primary N) is 1. The molecule has 13 heteroatoms. The van der Waals surface area contributed by atoms with Crippen LogP contribution in [-0.4, -0.2) is 27.0 Å². The smallest absolute Gasteiger partial charge is 0.433 e. The van der Waals surface area contributed by atoms with Crippen LogP contribution < -0.4 is 11.1 Å². The van der Waals surface area contributed by atoms with Gasteiger partial charge in [0.25, 0.3) is 0 Å². The molecule has 0 unspecified atom stereocenters. The van der Waals surface area contributed by atoms with Gasteiger partial charge in [0.05, 0.1) is 12.0 Å². The van der Waals surface area contributed by atoms with Crippen molar-refractivity contribution in [3.05, 3.63) is 131 Å². The second-order valence-corrected chi connectivity index (χ2v) is 12.0. The van der Waals surface area contributed by atoms with Crippen LogP contribution in [0.15, 0.2) is 97.3 Å². The number of carbonyl (C=O) groups is 2. The van der Waals surface area contributed by atoms with Crippen molar-refractivity contribution in [3.63, 3.8) is 0 Å². The number of aliphatic carboxylic acids is 1. The molecule has 2 aromatic carbocycles. The Hall–Kier alpha value is -4.78. The number of hydrogen-bond acceptors (Lipinski definition) is 5. The highest BCUT2D eigenvalue weighted by atomic mass is 19.4. The highest BCUT2D eigenvalue weighted by molar-refractivity contribution is 5.83. The number of carboxylic acids is 1. The topological polar surface area (TPSA) is 118 Å². The molecule has 6 rings (SSSR count). The molecular weight excluding hydrogens is 650 g/mol. The number of hydrogen-bond donors (Lipinski definition) is 3. The molecule has 2 saturated carbocycles. The van der Waals surface area contributed by atoms with E-state index in [1.807, 2.05) is 60.7 Å². The molecule has 1 amide bonds. The number of rotatable bonds is 7. The summed E-state index contributed by atoms with van der Waals surface area (Å²) in [6, 6.07) is 23.5. The van der Waals surface area contributed by atoms with E-state index in [0.29, 0.717) is 11.1 Å². The average molecular weight is 687 g/mol. The number of carboxylic acid groups (broad SMARTS) is 1. The van der Waals surface area contributed by atoms with Crippen LogP contribution in [0, 0.1) is 11.8 Å². The molecule has 2 aliphatic carbocycles. The molecule has 6 atom stereocenters. The number of aromatic nitrogens is 2. The minimum atomic E-state index is -4.46. The van der Waals surface area contributed by atoms with Crippen molar-refractivity contribution < 1.29 is 41.0 Å². The first-order valence-electron chi connectivity index (χ1n) is 15.5. The molecule has 0 bridgehead atoms. The van der Waals surface area contributed by atoms with Gasteiger partial charge in [0.15, 0.2) is 0 Å². The molecule has 0 radical (unpaired) electrons. The van der Waals surface area contributed by atoms with Gasteiger partial charge in [-0.1, -0.05) is 72.8 Å². The van der Waals surface area contributed by atoms with Gasteiger partial charge in [0, 0.05) is 24.4 Å². The summed E-state index contributed by atoms with van der Waals surface area (Å²) >= 11 is 0. The minimum absolute atomic E-state index is 0.0720. The maximum atomic E-state index is 12.5.